The first-order valence-corrected chi connectivity index (χ1v) is 8.54. The summed E-state index contributed by atoms with van der Waals surface area (Å²) in [6.45, 7) is 7.64. The lowest BCUT2D eigenvalue weighted by molar-refractivity contribution is -0.138. The van der Waals surface area contributed by atoms with Gasteiger partial charge in [0.05, 0.1) is 5.92 Å². The predicted molar refractivity (Wildman–Crippen MR) is 93.6 cm³/mol. The largest absolute Gasteiger partial charge is 0.342 e. The maximum absolute atomic E-state index is 12.6. The number of nitrogens with zero attached hydrogens (tertiary/aromatic N) is 2. The van der Waals surface area contributed by atoms with Gasteiger partial charge in [-0.2, -0.15) is 0 Å². The molecule has 0 saturated carbocycles. The van der Waals surface area contributed by atoms with Gasteiger partial charge in [-0.25, -0.2) is 4.79 Å². The first-order chi connectivity index (χ1) is 10.5. The number of piperidine rings is 2. The van der Waals surface area contributed by atoms with Crippen LogP contribution in [0.15, 0.2) is 0 Å². The van der Waals surface area contributed by atoms with Crippen molar-refractivity contribution in [3.05, 3.63) is 0 Å². The molecule has 0 aliphatic carbocycles. The van der Waals surface area contributed by atoms with Crippen LogP contribution >= 0.6 is 12.4 Å². The molecule has 2 fully saturated rings. The zero-order chi connectivity index (χ0) is 16.1. The smallest absolute Gasteiger partial charge is 0.317 e. The molecule has 0 spiro atoms. The fraction of sp³-hybridized carbons (Fsp3) is 0.875. The molecule has 0 bridgehead atoms. The molecule has 3 amide bonds. The van der Waals surface area contributed by atoms with E-state index in [1.165, 1.54) is 0 Å². The summed E-state index contributed by atoms with van der Waals surface area (Å²) < 4.78 is 0. The van der Waals surface area contributed by atoms with Crippen LogP contribution in [0.3, 0.4) is 0 Å². The monoisotopic (exact) mass is 346 g/mol. The standard InChI is InChI=1S/C16H30N4O2.ClH/c1-12(2)10-18-16(22)20-7-3-4-13(11-20)15(21)19-8-5-14(17)6-9-19;/h12-14H,3-11,17H2,1-2H3,(H,18,22);1H. The molecule has 0 aromatic heterocycles. The first kappa shape index (κ1) is 20.0. The highest BCUT2D eigenvalue weighted by Gasteiger charge is 2.32. The van der Waals surface area contributed by atoms with Gasteiger partial charge in [-0.3, -0.25) is 4.79 Å². The fourth-order valence-electron chi connectivity index (χ4n) is 3.14. The van der Waals surface area contributed by atoms with Crippen LogP contribution in [-0.2, 0) is 4.79 Å². The highest BCUT2D eigenvalue weighted by atomic mass is 35.5. The van der Waals surface area contributed by atoms with Gasteiger partial charge >= 0.3 is 6.03 Å². The van der Waals surface area contributed by atoms with E-state index >= 15 is 0 Å². The molecular weight excluding hydrogens is 316 g/mol. The van der Waals surface area contributed by atoms with Crippen molar-refractivity contribution in [3.8, 4) is 0 Å². The molecule has 1 unspecified atom stereocenters. The average Bonchev–Trinajstić information content (AvgIpc) is 2.52. The third-order valence-corrected chi connectivity index (χ3v) is 4.57. The number of hydrogen-bond acceptors (Lipinski definition) is 3. The van der Waals surface area contributed by atoms with E-state index in [-0.39, 0.29) is 36.3 Å². The quantitative estimate of drug-likeness (QED) is 0.811. The van der Waals surface area contributed by atoms with Crippen LogP contribution in [0.1, 0.15) is 39.5 Å². The molecule has 2 rings (SSSR count). The number of nitrogens with one attached hydrogen (secondary N) is 1. The van der Waals surface area contributed by atoms with Gasteiger partial charge in [0.1, 0.15) is 0 Å². The lowest BCUT2D eigenvalue weighted by atomic mass is 9.95. The van der Waals surface area contributed by atoms with Crippen LogP contribution in [0.2, 0.25) is 0 Å². The molecule has 134 valence electrons. The Morgan fingerprint density at radius 2 is 1.78 bits per heavy atom. The number of nitrogens with two attached hydrogens (primary N) is 1. The zero-order valence-electron chi connectivity index (χ0n) is 14.3. The fourth-order valence-corrected chi connectivity index (χ4v) is 3.14. The summed E-state index contributed by atoms with van der Waals surface area (Å²) in [5.41, 5.74) is 5.90. The van der Waals surface area contributed by atoms with Gasteiger partial charge in [0, 0.05) is 38.8 Å². The normalized spacial score (nSPS) is 22.7. The molecule has 0 aromatic rings. The second-order valence-corrected chi connectivity index (χ2v) is 7.03. The second kappa shape index (κ2) is 9.33. The summed E-state index contributed by atoms with van der Waals surface area (Å²) >= 11 is 0. The summed E-state index contributed by atoms with van der Waals surface area (Å²) in [5.74, 6) is 0.588. The van der Waals surface area contributed by atoms with Crippen LogP contribution in [0.4, 0.5) is 4.79 Å². The molecule has 2 aliphatic rings. The van der Waals surface area contributed by atoms with E-state index in [0.29, 0.717) is 19.0 Å². The summed E-state index contributed by atoms with van der Waals surface area (Å²) in [5, 5.41) is 2.94. The Hall–Kier alpha value is -1.01. The molecule has 23 heavy (non-hydrogen) atoms. The third kappa shape index (κ3) is 5.84. The van der Waals surface area contributed by atoms with Crippen LogP contribution in [0.25, 0.3) is 0 Å². The van der Waals surface area contributed by atoms with E-state index in [1.807, 2.05) is 4.90 Å². The Balaban J connectivity index is 0.00000264. The molecule has 3 N–H and O–H groups in total. The van der Waals surface area contributed by atoms with Crippen molar-refractivity contribution in [2.24, 2.45) is 17.6 Å². The Morgan fingerprint density at radius 3 is 2.39 bits per heavy atom. The minimum atomic E-state index is -0.0483. The first-order valence-electron chi connectivity index (χ1n) is 8.54. The molecule has 1 atom stereocenters. The van der Waals surface area contributed by atoms with Crippen LogP contribution < -0.4 is 11.1 Å². The molecule has 2 saturated heterocycles. The minimum absolute atomic E-state index is 0. The second-order valence-electron chi connectivity index (χ2n) is 7.03. The predicted octanol–water partition coefficient (Wildman–Crippen LogP) is 1.44. The van der Waals surface area contributed by atoms with Crippen molar-refractivity contribution in [3.63, 3.8) is 0 Å². The number of carbonyl (C=O) groups is 2. The Bertz CT molecular complexity index is 398. The molecule has 2 aliphatic heterocycles. The molecule has 2 heterocycles. The van der Waals surface area contributed by atoms with Crippen molar-refractivity contribution in [2.45, 2.75) is 45.6 Å². The lowest BCUT2D eigenvalue weighted by Crippen LogP contribution is -2.51. The number of hydrogen-bond donors (Lipinski definition) is 2. The Morgan fingerprint density at radius 1 is 1.13 bits per heavy atom. The molecule has 6 nitrogen and oxygen atoms in total. The average molecular weight is 347 g/mol. The summed E-state index contributed by atoms with van der Waals surface area (Å²) in [4.78, 5) is 28.5. The van der Waals surface area contributed by atoms with Gasteiger partial charge in [-0.15, -0.1) is 12.4 Å². The highest BCUT2D eigenvalue weighted by molar-refractivity contribution is 5.85. The van der Waals surface area contributed by atoms with Gasteiger partial charge in [0.15, 0.2) is 0 Å². The van der Waals surface area contributed by atoms with Crippen molar-refractivity contribution in [2.75, 3.05) is 32.7 Å². The summed E-state index contributed by atoms with van der Waals surface area (Å²) in [6, 6.07) is 0.195. The zero-order valence-corrected chi connectivity index (χ0v) is 15.1. The summed E-state index contributed by atoms with van der Waals surface area (Å²) in [7, 11) is 0. The minimum Gasteiger partial charge on any atom is -0.342 e. The van der Waals surface area contributed by atoms with Crippen molar-refractivity contribution >= 4 is 24.3 Å². The number of halogens is 1. The number of likely N-dealkylation sites (tertiary alicyclic amines) is 2. The van der Waals surface area contributed by atoms with Crippen molar-refractivity contribution < 1.29 is 9.59 Å². The van der Waals surface area contributed by atoms with E-state index in [4.69, 9.17) is 5.73 Å². The maximum atomic E-state index is 12.6. The van der Waals surface area contributed by atoms with Crippen molar-refractivity contribution in [1.29, 1.82) is 0 Å². The van der Waals surface area contributed by atoms with Gasteiger partial charge in [0.2, 0.25) is 5.91 Å². The van der Waals surface area contributed by atoms with Crippen molar-refractivity contribution in [1.82, 2.24) is 15.1 Å². The Kier molecular flexibility index (Phi) is 8.12. The van der Waals surface area contributed by atoms with Gasteiger partial charge in [-0.1, -0.05) is 13.8 Å². The third-order valence-electron chi connectivity index (χ3n) is 4.57. The number of urea groups is 1. The molecule has 0 aromatic carbocycles. The van der Waals surface area contributed by atoms with E-state index in [1.54, 1.807) is 4.90 Å². The highest BCUT2D eigenvalue weighted by Crippen LogP contribution is 2.21. The maximum Gasteiger partial charge on any atom is 0.317 e. The van der Waals surface area contributed by atoms with Gasteiger partial charge in [-0.05, 0) is 31.6 Å². The van der Waals surface area contributed by atoms with E-state index in [9.17, 15) is 9.59 Å². The number of rotatable bonds is 3. The van der Waals surface area contributed by atoms with Crippen LogP contribution in [-0.4, -0.2) is 60.5 Å². The van der Waals surface area contributed by atoms with Crippen LogP contribution in [0.5, 0.6) is 0 Å². The van der Waals surface area contributed by atoms with E-state index in [2.05, 4.69) is 19.2 Å². The Labute approximate surface area is 145 Å². The van der Waals surface area contributed by atoms with E-state index in [0.717, 1.165) is 45.3 Å². The SMILES string of the molecule is CC(C)CNC(=O)N1CCCC(C(=O)N2CCC(N)CC2)C1.Cl. The van der Waals surface area contributed by atoms with Gasteiger partial charge in [0.25, 0.3) is 0 Å². The molecular formula is C16H31ClN4O2. The molecule has 7 heteroatoms. The lowest BCUT2D eigenvalue weighted by Gasteiger charge is -2.37. The molecule has 0 radical (unpaired) electrons. The van der Waals surface area contributed by atoms with E-state index < -0.39 is 0 Å². The number of carbonyl (C=O) groups excluding carboxylic acids is 2. The topological polar surface area (TPSA) is 78.7 Å². The number of amides is 3. The summed E-state index contributed by atoms with van der Waals surface area (Å²) in [6.07, 6.45) is 3.56. The van der Waals surface area contributed by atoms with Crippen LogP contribution in [0, 0.1) is 11.8 Å². The van der Waals surface area contributed by atoms with Gasteiger partial charge < -0.3 is 20.9 Å².